The Bertz CT molecular complexity index is 1060. The van der Waals surface area contributed by atoms with E-state index in [1.807, 2.05) is 85.8 Å². The number of nitrogens with zero attached hydrogens (tertiary/aromatic N) is 1. The summed E-state index contributed by atoms with van der Waals surface area (Å²) in [6.07, 6.45) is 0.418. The molecule has 0 saturated carbocycles. The second-order valence-electron chi connectivity index (χ2n) is 8.84. The number of rotatable bonds is 10. The summed E-state index contributed by atoms with van der Waals surface area (Å²) in [6, 6.07) is 24.9. The molecule has 1 atom stereocenters. The molecule has 1 unspecified atom stereocenters. The molecule has 0 aliphatic carbocycles. The van der Waals surface area contributed by atoms with Gasteiger partial charge in [-0.05, 0) is 41.7 Å². The number of hydrogen-bond donors (Lipinski definition) is 1. The highest BCUT2D eigenvalue weighted by Gasteiger charge is 2.30. The Balaban J connectivity index is 1.83. The SMILES string of the molecule is CNC(=O)C(Cc1ccccc1)N(Cc1ccc(C)cc1)C(=O)COc1ccc(C(C)C)cc1. The predicted octanol–water partition coefficient (Wildman–Crippen LogP) is 4.88. The normalized spacial score (nSPS) is 11.7. The van der Waals surface area contributed by atoms with Crippen molar-refractivity contribution < 1.29 is 14.3 Å². The lowest BCUT2D eigenvalue weighted by Crippen LogP contribution is -2.51. The molecule has 0 aliphatic heterocycles. The minimum absolute atomic E-state index is 0.144. The number of nitrogens with one attached hydrogen (secondary N) is 1. The number of carbonyl (C=O) groups excluding carboxylic acids is 2. The summed E-state index contributed by atoms with van der Waals surface area (Å²) in [5, 5.41) is 2.73. The van der Waals surface area contributed by atoms with E-state index >= 15 is 0 Å². The smallest absolute Gasteiger partial charge is 0.261 e. The average molecular weight is 459 g/mol. The van der Waals surface area contributed by atoms with Crippen molar-refractivity contribution in [1.82, 2.24) is 10.2 Å². The lowest BCUT2D eigenvalue weighted by Gasteiger charge is -2.31. The zero-order chi connectivity index (χ0) is 24.5. The van der Waals surface area contributed by atoms with Gasteiger partial charge in [0.15, 0.2) is 6.61 Å². The summed E-state index contributed by atoms with van der Waals surface area (Å²) >= 11 is 0. The molecule has 0 aliphatic rings. The molecule has 0 spiro atoms. The van der Waals surface area contributed by atoms with E-state index in [0.717, 1.165) is 16.7 Å². The number of amides is 2. The van der Waals surface area contributed by atoms with Crippen LogP contribution in [0.25, 0.3) is 0 Å². The summed E-state index contributed by atoms with van der Waals surface area (Å²) in [4.78, 5) is 28.0. The Kier molecular flexibility index (Phi) is 8.86. The van der Waals surface area contributed by atoms with Gasteiger partial charge < -0.3 is 15.0 Å². The van der Waals surface area contributed by atoms with Crippen molar-refractivity contribution >= 4 is 11.8 Å². The highest BCUT2D eigenvalue weighted by atomic mass is 16.5. The molecule has 3 aromatic carbocycles. The van der Waals surface area contributed by atoms with E-state index in [2.05, 4.69) is 19.2 Å². The molecular weight excluding hydrogens is 424 g/mol. The zero-order valence-corrected chi connectivity index (χ0v) is 20.5. The van der Waals surface area contributed by atoms with Gasteiger partial charge in [-0.25, -0.2) is 0 Å². The summed E-state index contributed by atoms with van der Waals surface area (Å²) < 4.78 is 5.83. The summed E-state index contributed by atoms with van der Waals surface area (Å²) in [5.74, 6) is 0.614. The fourth-order valence-corrected chi connectivity index (χ4v) is 3.79. The predicted molar refractivity (Wildman–Crippen MR) is 136 cm³/mol. The third-order valence-corrected chi connectivity index (χ3v) is 5.90. The Labute approximate surface area is 202 Å². The van der Waals surface area contributed by atoms with Crippen LogP contribution in [0.1, 0.15) is 42.0 Å². The van der Waals surface area contributed by atoms with Crippen LogP contribution in [0.2, 0.25) is 0 Å². The molecule has 0 fully saturated rings. The monoisotopic (exact) mass is 458 g/mol. The lowest BCUT2D eigenvalue weighted by atomic mass is 10.0. The topological polar surface area (TPSA) is 58.6 Å². The van der Waals surface area contributed by atoms with E-state index in [9.17, 15) is 9.59 Å². The van der Waals surface area contributed by atoms with E-state index in [-0.39, 0.29) is 18.4 Å². The minimum atomic E-state index is -0.659. The van der Waals surface area contributed by atoms with Gasteiger partial charge in [0.25, 0.3) is 5.91 Å². The van der Waals surface area contributed by atoms with Gasteiger partial charge in [-0.15, -0.1) is 0 Å². The van der Waals surface area contributed by atoms with Gasteiger partial charge in [-0.3, -0.25) is 9.59 Å². The zero-order valence-electron chi connectivity index (χ0n) is 20.5. The first kappa shape index (κ1) is 25.0. The van der Waals surface area contributed by atoms with Gasteiger partial charge in [0, 0.05) is 20.0 Å². The molecule has 0 saturated heterocycles. The number of benzene rings is 3. The van der Waals surface area contributed by atoms with Crippen molar-refractivity contribution in [2.45, 2.75) is 45.7 Å². The van der Waals surface area contributed by atoms with Crippen molar-refractivity contribution in [3.05, 3.63) is 101 Å². The van der Waals surface area contributed by atoms with E-state index in [4.69, 9.17) is 4.74 Å². The lowest BCUT2D eigenvalue weighted by molar-refractivity contribution is -0.142. The molecule has 178 valence electrons. The van der Waals surface area contributed by atoms with Crippen molar-refractivity contribution in [1.29, 1.82) is 0 Å². The van der Waals surface area contributed by atoms with Crippen LogP contribution in [-0.4, -0.2) is 36.4 Å². The van der Waals surface area contributed by atoms with Crippen LogP contribution < -0.4 is 10.1 Å². The average Bonchev–Trinajstić information content (AvgIpc) is 2.86. The number of hydrogen-bond acceptors (Lipinski definition) is 3. The molecule has 3 rings (SSSR count). The molecule has 2 amide bonds. The van der Waals surface area contributed by atoms with Crippen molar-refractivity contribution in [2.24, 2.45) is 0 Å². The van der Waals surface area contributed by atoms with Gasteiger partial charge in [0.1, 0.15) is 11.8 Å². The van der Waals surface area contributed by atoms with E-state index in [1.54, 1.807) is 11.9 Å². The Hall–Kier alpha value is -3.60. The molecule has 5 nitrogen and oxygen atoms in total. The molecule has 0 bridgehead atoms. The third-order valence-electron chi connectivity index (χ3n) is 5.90. The maximum atomic E-state index is 13.4. The number of carbonyl (C=O) groups is 2. The number of likely N-dealkylation sites (N-methyl/N-ethyl adjacent to an activating group) is 1. The molecule has 0 radical (unpaired) electrons. The summed E-state index contributed by atoms with van der Waals surface area (Å²) in [5.41, 5.74) is 4.30. The van der Waals surface area contributed by atoms with Crippen molar-refractivity contribution in [2.75, 3.05) is 13.7 Å². The van der Waals surface area contributed by atoms with Gasteiger partial charge in [-0.2, -0.15) is 0 Å². The first-order valence-corrected chi connectivity index (χ1v) is 11.7. The molecule has 0 heterocycles. The maximum Gasteiger partial charge on any atom is 0.261 e. The Morgan fingerprint density at radius 3 is 2.12 bits per heavy atom. The molecule has 5 heteroatoms. The van der Waals surface area contributed by atoms with Crippen LogP contribution in [-0.2, 0) is 22.6 Å². The Morgan fingerprint density at radius 2 is 1.53 bits per heavy atom. The highest BCUT2D eigenvalue weighted by molar-refractivity contribution is 5.88. The number of ether oxygens (including phenoxy) is 1. The largest absolute Gasteiger partial charge is 0.484 e. The third kappa shape index (κ3) is 6.95. The van der Waals surface area contributed by atoms with E-state index in [1.165, 1.54) is 5.56 Å². The van der Waals surface area contributed by atoms with Crippen LogP contribution in [0, 0.1) is 6.92 Å². The van der Waals surface area contributed by atoms with Crippen LogP contribution in [0.5, 0.6) is 5.75 Å². The molecule has 1 N–H and O–H groups in total. The first-order chi connectivity index (χ1) is 16.4. The van der Waals surface area contributed by atoms with Gasteiger partial charge in [0.2, 0.25) is 5.91 Å². The minimum Gasteiger partial charge on any atom is -0.484 e. The highest BCUT2D eigenvalue weighted by Crippen LogP contribution is 2.20. The van der Waals surface area contributed by atoms with Crippen LogP contribution in [0.3, 0.4) is 0 Å². The standard InChI is InChI=1S/C29H34N2O3/c1-21(2)25-14-16-26(17-15-25)34-20-28(32)31(19-24-12-10-22(3)11-13-24)27(29(33)30-4)18-23-8-6-5-7-9-23/h5-17,21,27H,18-20H2,1-4H3,(H,30,33). The van der Waals surface area contributed by atoms with Gasteiger partial charge in [-0.1, -0.05) is 86.1 Å². The second kappa shape index (κ2) is 12.0. The molecule has 3 aromatic rings. The van der Waals surface area contributed by atoms with Crippen LogP contribution in [0.15, 0.2) is 78.9 Å². The van der Waals surface area contributed by atoms with E-state index in [0.29, 0.717) is 24.6 Å². The molecule has 0 aromatic heterocycles. The first-order valence-electron chi connectivity index (χ1n) is 11.7. The molecular formula is C29H34N2O3. The molecule has 34 heavy (non-hydrogen) atoms. The second-order valence-corrected chi connectivity index (χ2v) is 8.84. The van der Waals surface area contributed by atoms with Crippen LogP contribution >= 0.6 is 0 Å². The van der Waals surface area contributed by atoms with Crippen molar-refractivity contribution in [3.8, 4) is 5.75 Å². The van der Waals surface area contributed by atoms with Crippen molar-refractivity contribution in [3.63, 3.8) is 0 Å². The maximum absolute atomic E-state index is 13.4. The Morgan fingerprint density at radius 1 is 0.882 bits per heavy atom. The summed E-state index contributed by atoms with van der Waals surface area (Å²) in [7, 11) is 1.60. The fourth-order valence-electron chi connectivity index (χ4n) is 3.79. The summed E-state index contributed by atoms with van der Waals surface area (Å²) in [6.45, 7) is 6.46. The number of aryl methyl sites for hydroxylation is 1. The quantitative estimate of drug-likeness (QED) is 0.471. The van der Waals surface area contributed by atoms with Gasteiger partial charge >= 0.3 is 0 Å². The fraction of sp³-hybridized carbons (Fsp3) is 0.310. The van der Waals surface area contributed by atoms with Crippen LogP contribution in [0.4, 0.5) is 0 Å². The van der Waals surface area contributed by atoms with E-state index < -0.39 is 6.04 Å². The van der Waals surface area contributed by atoms with Gasteiger partial charge in [0.05, 0.1) is 0 Å².